The van der Waals surface area contributed by atoms with Gasteiger partial charge < -0.3 is 9.63 Å². The molecular formula is C17H14N2O2. The molecule has 1 N–H and O–H groups in total. The van der Waals surface area contributed by atoms with Gasteiger partial charge in [0.2, 0.25) is 0 Å². The van der Waals surface area contributed by atoms with E-state index in [0.29, 0.717) is 5.89 Å². The predicted molar refractivity (Wildman–Crippen MR) is 78.0 cm³/mol. The molecule has 0 fully saturated rings. The van der Waals surface area contributed by atoms with E-state index in [2.05, 4.69) is 34.4 Å². The largest absolute Gasteiger partial charge is 0.508 e. The quantitative estimate of drug-likeness (QED) is 0.781. The van der Waals surface area contributed by atoms with Crippen molar-refractivity contribution in [2.24, 2.45) is 0 Å². The van der Waals surface area contributed by atoms with Gasteiger partial charge in [0.25, 0.3) is 5.89 Å². The Hall–Kier alpha value is -2.62. The zero-order valence-corrected chi connectivity index (χ0v) is 11.4. The second-order valence-corrected chi connectivity index (χ2v) is 5.38. The van der Waals surface area contributed by atoms with Crippen molar-refractivity contribution in [3.8, 4) is 17.2 Å². The summed E-state index contributed by atoms with van der Waals surface area (Å²) in [5.41, 5.74) is 3.47. The summed E-state index contributed by atoms with van der Waals surface area (Å²) < 4.78 is 5.34. The van der Waals surface area contributed by atoms with Gasteiger partial charge in [-0.2, -0.15) is 4.98 Å². The number of aromatic hydroxyl groups is 1. The van der Waals surface area contributed by atoms with Crippen LogP contribution in [0.2, 0.25) is 0 Å². The Labute approximate surface area is 122 Å². The lowest BCUT2D eigenvalue weighted by molar-refractivity contribution is 0.416. The van der Waals surface area contributed by atoms with Gasteiger partial charge in [-0.3, -0.25) is 0 Å². The van der Waals surface area contributed by atoms with Gasteiger partial charge in [-0.25, -0.2) is 0 Å². The van der Waals surface area contributed by atoms with Crippen LogP contribution < -0.4 is 0 Å². The normalized spacial score (nSPS) is 14.3. The van der Waals surface area contributed by atoms with E-state index < -0.39 is 0 Å². The van der Waals surface area contributed by atoms with Crippen molar-refractivity contribution < 1.29 is 9.63 Å². The maximum atomic E-state index is 9.52. The topological polar surface area (TPSA) is 59.2 Å². The molecule has 4 nitrogen and oxygen atoms in total. The van der Waals surface area contributed by atoms with Gasteiger partial charge in [-0.1, -0.05) is 35.5 Å². The van der Waals surface area contributed by atoms with Crippen molar-refractivity contribution in [1.29, 1.82) is 0 Å². The molecule has 1 heterocycles. The van der Waals surface area contributed by atoms with Crippen molar-refractivity contribution >= 4 is 0 Å². The third-order valence-corrected chi connectivity index (χ3v) is 3.95. The number of benzene rings is 2. The molecule has 1 aromatic heterocycles. The number of rotatable bonds is 2. The van der Waals surface area contributed by atoms with Crippen LogP contribution in [0.1, 0.15) is 22.9 Å². The van der Waals surface area contributed by atoms with Crippen LogP contribution in [0.4, 0.5) is 0 Å². The molecule has 0 radical (unpaired) electrons. The number of phenolic OH excluding ortho intramolecular Hbond substituents is 1. The van der Waals surface area contributed by atoms with Crippen LogP contribution in [-0.4, -0.2) is 15.2 Å². The average molecular weight is 278 g/mol. The number of aromatic nitrogens is 2. The highest BCUT2D eigenvalue weighted by atomic mass is 16.5. The summed E-state index contributed by atoms with van der Waals surface area (Å²) in [5.74, 6) is 1.67. The third kappa shape index (κ3) is 2.18. The van der Waals surface area contributed by atoms with Crippen molar-refractivity contribution in [2.45, 2.75) is 18.8 Å². The lowest BCUT2D eigenvalue weighted by Gasteiger charge is -2.00. The van der Waals surface area contributed by atoms with Crippen molar-refractivity contribution in [1.82, 2.24) is 10.1 Å². The van der Waals surface area contributed by atoms with Crippen molar-refractivity contribution in [3.05, 3.63) is 65.5 Å². The summed E-state index contributed by atoms with van der Waals surface area (Å²) in [6.45, 7) is 0. The van der Waals surface area contributed by atoms with Crippen LogP contribution in [-0.2, 0) is 12.8 Å². The minimum atomic E-state index is 0.195. The molecule has 0 aliphatic heterocycles. The lowest BCUT2D eigenvalue weighted by atomic mass is 10.1. The summed E-state index contributed by atoms with van der Waals surface area (Å²) in [5, 5.41) is 13.6. The smallest absolute Gasteiger partial charge is 0.258 e. The highest BCUT2D eigenvalue weighted by Gasteiger charge is 2.26. The second-order valence-electron chi connectivity index (χ2n) is 5.38. The van der Waals surface area contributed by atoms with E-state index in [1.807, 2.05) is 6.07 Å². The minimum absolute atomic E-state index is 0.195. The Morgan fingerprint density at radius 2 is 1.76 bits per heavy atom. The van der Waals surface area contributed by atoms with Gasteiger partial charge >= 0.3 is 0 Å². The fraction of sp³-hybridized carbons (Fsp3) is 0.176. The molecule has 104 valence electrons. The highest BCUT2D eigenvalue weighted by Crippen LogP contribution is 2.33. The minimum Gasteiger partial charge on any atom is -0.508 e. The average Bonchev–Trinajstić information content (AvgIpc) is 3.14. The van der Waals surface area contributed by atoms with Crippen LogP contribution in [0.25, 0.3) is 11.5 Å². The van der Waals surface area contributed by atoms with E-state index in [4.69, 9.17) is 4.52 Å². The zero-order valence-electron chi connectivity index (χ0n) is 11.4. The number of nitrogens with zero attached hydrogens (tertiary/aromatic N) is 2. The maximum Gasteiger partial charge on any atom is 0.258 e. The molecule has 4 rings (SSSR count). The molecular weight excluding hydrogens is 264 g/mol. The Morgan fingerprint density at radius 1 is 1.00 bits per heavy atom. The molecule has 0 spiro atoms. The summed E-state index contributed by atoms with van der Waals surface area (Å²) in [6.07, 6.45) is 1.91. The molecule has 2 aromatic carbocycles. The molecule has 0 saturated heterocycles. The van der Waals surface area contributed by atoms with Crippen molar-refractivity contribution in [3.63, 3.8) is 0 Å². The summed E-state index contributed by atoms with van der Waals surface area (Å²) in [6, 6.07) is 15.3. The molecule has 0 saturated carbocycles. The van der Waals surface area contributed by atoms with E-state index in [1.165, 1.54) is 11.1 Å². The first kappa shape index (κ1) is 12.1. The molecule has 4 heteroatoms. The molecule has 1 aliphatic carbocycles. The fourth-order valence-corrected chi connectivity index (χ4v) is 2.90. The summed E-state index contributed by atoms with van der Waals surface area (Å²) >= 11 is 0. The number of phenols is 1. The Bertz CT molecular complexity index is 770. The molecule has 0 atom stereocenters. The van der Waals surface area contributed by atoms with Crippen LogP contribution >= 0.6 is 0 Å². The van der Waals surface area contributed by atoms with Gasteiger partial charge in [0.1, 0.15) is 5.75 Å². The number of hydrogen-bond donors (Lipinski definition) is 1. The van der Waals surface area contributed by atoms with E-state index in [-0.39, 0.29) is 11.7 Å². The molecule has 3 aromatic rings. The van der Waals surface area contributed by atoms with Gasteiger partial charge in [0, 0.05) is 11.5 Å². The first-order chi connectivity index (χ1) is 10.3. The van der Waals surface area contributed by atoms with E-state index in [9.17, 15) is 5.11 Å². The highest BCUT2D eigenvalue weighted by molar-refractivity contribution is 5.55. The first-order valence-electron chi connectivity index (χ1n) is 6.99. The fourth-order valence-electron chi connectivity index (χ4n) is 2.90. The predicted octanol–water partition coefficient (Wildman–Crippen LogP) is 3.32. The first-order valence-corrected chi connectivity index (χ1v) is 6.99. The molecule has 0 bridgehead atoms. The van der Waals surface area contributed by atoms with E-state index in [0.717, 1.165) is 24.2 Å². The molecule has 1 aliphatic rings. The Kier molecular flexibility index (Phi) is 2.74. The Morgan fingerprint density at radius 3 is 2.48 bits per heavy atom. The van der Waals surface area contributed by atoms with Crippen LogP contribution in [0.5, 0.6) is 5.75 Å². The maximum absolute atomic E-state index is 9.52. The monoisotopic (exact) mass is 278 g/mol. The third-order valence-electron chi connectivity index (χ3n) is 3.95. The SMILES string of the molecule is Oc1cccc(-c2nc(C3Cc4ccccc4C3)no2)c1. The molecule has 0 amide bonds. The van der Waals surface area contributed by atoms with Gasteiger partial charge in [0.05, 0.1) is 0 Å². The zero-order chi connectivity index (χ0) is 14.2. The van der Waals surface area contributed by atoms with Crippen LogP contribution in [0.15, 0.2) is 53.1 Å². The molecule has 21 heavy (non-hydrogen) atoms. The standard InChI is InChI=1S/C17H14N2O2/c20-15-7-3-6-13(10-15)17-18-16(19-21-17)14-8-11-4-1-2-5-12(11)9-14/h1-7,10,14,20H,8-9H2. The lowest BCUT2D eigenvalue weighted by Crippen LogP contribution is -2.00. The van der Waals surface area contributed by atoms with Gasteiger partial charge in [0.15, 0.2) is 5.82 Å². The van der Waals surface area contributed by atoms with Gasteiger partial charge in [-0.15, -0.1) is 0 Å². The summed E-state index contributed by atoms with van der Waals surface area (Å²) in [7, 11) is 0. The van der Waals surface area contributed by atoms with Gasteiger partial charge in [-0.05, 0) is 42.2 Å². The number of hydrogen-bond acceptors (Lipinski definition) is 4. The number of fused-ring (bicyclic) bond motifs is 1. The molecule has 0 unspecified atom stereocenters. The van der Waals surface area contributed by atoms with E-state index >= 15 is 0 Å². The van der Waals surface area contributed by atoms with Crippen LogP contribution in [0.3, 0.4) is 0 Å². The summed E-state index contributed by atoms with van der Waals surface area (Å²) in [4.78, 5) is 4.50. The van der Waals surface area contributed by atoms with Crippen molar-refractivity contribution in [2.75, 3.05) is 0 Å². The van der Waals surface area contributed by atoms with Crippen LogP contribution in [0, 0.1) is 0 Å². The van der Waals surface area contributed by atoms with E-state index in [1.54, 1.807) is 18.2 Å². The second kappa shape index (κ2) is 4.74. The Balaban J connectivity index is 1.62.